The maximum Gasteiger partial charge on any atom is 0.273 e. The van der Waals surface area contributed by atoms with Crippen LogP contribution in [-0.2, 0) is 6.42 Å². The van der Waals surface area contributed by atoms with E-state index < -0.39 is 6.10 Å². The molecule has 3 aromatic rings. The van der Waals surface area contributed by atoms with Crippen molar-refractivity contribution in [1.82, 2.24) is 20.7 Å². The predicted molar refractivity (Wildman–Crippen MR) is 82.9 cm³/mol. The third-order valence-electron chi connectivity index (χ3n) is 3.27. The quantitative estimate of drug-likeness (QED) is 0.708. The third kappa shape index (κ3) is 3.66. The molecule has 2 heterocycles. The fourth-order valence-electron chi connectivity index (χ4n) is 2.03. The fourth-order valence-corrected chi connectivity index (χ4v) is 2.03. The summed E-state index contributed by atoms with van der Waals surface area (Å²) in [5.41, 5.74) is 1.05. The van der Waals surface area contributed by atoms with Crippen LogP contribution in [0, 0.1) is 0 Å². The van der Waals surface area contributed by atoms with E-state index in [9.17, 15) is 9.90 Å². The van der Waals surface area contributed by atoms with Crippen LogP contribution < -0.4 is 5.32 Å². The molecule has 1 atom stereocenters. The van der Waals surface area contributed by atoms with E-state index in [1.165, 1.54) is 6.92 Å². The third-order valence-corrected chi connectivity index (χ3v) is 3.27. The summed E-state index contributed by atoms with van der Waals surface area (Å²) in [7, 11) is 0. The van der Waals surface area contributed by atoms with Crippen molar-refractivity contribution in [2.45, 2.75) is 19.4 Å². The number of carbonyl (C=O) groups is 1. The summed E-state index contributed by atoms with van der Waals surface area (Å²) in [5, 5.41) is 23.3. The summed E-state index contributed by atoms with van der Waals surface area (Å²) in [6.45, 7) is 1.84. The molecule has 8 heteroatoms. The van der Waals surface area contributed by atoms with Gasteiger partial charge in [0.2, 0.25) is 11.8 Å². The second-order valence-corrected chi connectivity index (χ2v) is 5.16. The molecule has 8 nitrogen and oxygen atoms in total. The Morgan fingerprint density at radius 3 is 2.79 bits per heavy atom. The molecule has 1 amide bonds. The topological polar surface area (TPSA) is 114 Å². The van der Waals surface area contributed by atoms with Crippen molar-refractivity contribution in [2.24, 2.45) is 0 Å². The number of amides is 1. The number of aromatic nitrogens is 3. The molecular weight excluding hydrogens is 312 g/mol. The minimum absolute atomic E-state index is 0.153. The van der Waals surface area contributed by atoms with E-state index in [4.69, 9.17) is 8.94 Å². The van der Waals surface area contributed by atoms with Crippen LogP contribution in [0.4, 0.5) is 0 Å². The smallest absolute Gasteiger partial charge is 0.273 e. The van der Waals surface area contributed by atoms with E-state index >= 15 is 0 Å². The summed E-state index contributed by atoms with van der Waals surface area (Å²) >= 11 is 0. The van der Waals surface area contributed by atoms with Gasteiger partial charge in [0.05, 0.1) is 0 Å². The van der Waals surface area contributed by atoms with Gasteiger partial charge in [-0.3, -0.25) is 4.79 Å². The van der Waals surface area contributed by atoms with Crippen molar-refractivity contribution in [1.29, 1.82) is 0 Å². The molecule has 124 valence electrons. The van der Waals surface area contributed by atoms with Gasteiger partial charge in [-0.2, -0.15) is 0 Å². The Hall–Kier alpha value is -3.00. The van der Waals surface area contributed by atoms with Gasteiger partial charge in [-0.1, -0.05) is 35.5 Å². The number of nitrogens with zero attached hydrogens (tertiary/aromatic N) is 3. The fraction of sp³-hybridized carbons (Fsp3) is 0.250. The van der Waals surface area contributed by atoms with Gasteiger partial charge in [0.1, 0.15) is 6.10 Å². The molecule has 0 spiro atoms. The van der Waals surface area contributed by atoms with Crippen LogP contribution in [0.25, 0.3) is 11.3 Å². The lowest BCUT2D eigenvalue weighted by atomic mass is 10.1. The maximum absolute atomic E-state index is 12.1. The van der Waals surface area contributed by atoms with Crippen molar-refractivity contribution < 1.29 is 18.8 Å². The van der Waals surface area contributed by atoms with Crippen LogP contribution in [0.5, 0.6) is 0 Å². The number of aliphatic hydroxyl groups is 1. The van der Waals surface area contributed by atoms with Gasteiger partial charge in [-0.15, -0.1) is 10.2 Å². The first-order valence-electron chi connectivity index (χ1n) is 7.44. The van der Waals surface area contributed by atoms with Gasteiger partial charge < -0.3 is 19.4 Å². The number of hydrogen-bond donors (Lipinski definition) is 2. The number of carbonyl (C=O) groups excluding carboxylic acids is 1. The molecule has 0 saturated carbocycles. The molecule has 0 aliphatic heterocycles. The second kappa shape index (κ2) is 7.05. The monoisotopic (exact) mass is 328 g/mol. The number of rotatable bonds is 6. The van der Waals surface area contributed by atoms with E-state index in [0.29, 0.717) is 24.6 Å². The summed E-state index contributed by atoms with van der Waals surface area (Å²) in [5.74, 6) is 0.673. The van der Waals surface area contributed by atoms with Gasteiger partial charge in [0.15, 0.2) is 11.5 Å². The lowest BCUT2D eigenvalue weighted by Gasteiger charge is -1.99. The molecule has 24 heavy (non-hydrogen) atoms. The van der Waals surface area contributed by atoms with Gasteiger partial charge in [-0.25, -0.2) is 0 Å². The minimum atomic E-state index is -0.813. The lowest BCUT2D eigenvalue weighted by molar-refractivity contribution is 0.0944. The molecule has 3 rings (SSSR count). The highest BCUT2D eigenvalue weighted by Gasteiger charge is 2.14. The van der Waals surface area contributed by atoms with Gasteiger partial charge in [0.25, 0.3) is 5.91 Å². The largest absolute Gasteiger partial charge is 0.422 e. The predicted octanol–water partition coefficient (Wildman–Crippen LogP) is 1.75. The molecular formula is C16H16N4O4. The van der Waals surface area contributed by atoms with Crippen LogP contribution in [0.2, 0.25) is 0 Å². The summed E-state index contributed by atoms with van der Waals surface area (Å²) in [6.07, 6.45) is -0.457. The van der Waals surface area contributed by atoms with E-state index in [2.05, 4.69) is 20.7 Å². The molecule has 2 N–H and O–H groups in total. The summed E-state index contributed by atoms with van der Waals surface area (Å²) in [4.78, 5) is 12.1. The van der Waals surface area contributed by atoms with Crippen molar-refractivity contribution >= 4 is 5.91 Å². The van der Waals surface area contributed by atoms with Crippen molar-refractivity contribution in [3.63, 3.8) is 0 Å². The van der Waals surface area contributed by atoms with Crippen LogP contribution in [0.1, 0.15) is 35.3 Å². The zero-order chi connectivity index (χ0) is 16.9. The molecule has 0 unspecified atom stereocenters. The molecule has 0 fully saturated rings. The van der Waals surface area contributed by atoms with E-state index in [1.807, 2.05) is 30.3 Å². The van der Waals surface area contributed by atoms with E-state index in [-0.39, 0.29) is 17.5 Å². The average Bonchev–Trinajstić information content (AvgIpc) is 3.25. The Labute approximate surface area is 137 Å². The highest BCUT2D eigenvalue weighted by Crippen LogP contribution is 2.19. The van der Waals surface area contributed by atoms with Crippen molar-refractivity contribution in [3.8, 4) is 11.3 Å². The summed E-state index contributed by atoms with van der Waals surface area (Å²) < 4.78 is 10.4. The molecule has 0 radical (unpaired) electrons. The Kier molecular flexibility index (Phi) is 4.66. The molecule has 0 bridgehead atoms. The molecule has 1 aromatic carbocycles. The maximum atomic E-state index is 12.1. The molecule has 0 aliphatic carbocycles. The Bertz CT molecular complexity index is 810. The molecule has 2 aromatic heterocycles. The first-order chi connectivity index (χ1) is 11.6. The number of benzene rings is 1. The zero-order valence-electron chi connectivity index (χ0n) is 13.0. The second-order valence-electron chi connectivity index (χ2n) is 5.16. The van der Waals surface area contributed by atoms with Gasteiger partial charge in [0, 0.05) is 24.6 Å². The van der Waals surface area contributed by atoms with Gasteiger partial charge in [-0.05, 0) is 6.92 Å². The first kappa shape index (κ1) is 15.9. The minimum Gasteiger partial charge on any atom is -0.422 e. The lowest BCUT2D eigenvalue weighted by Crippen LogP contribution is -2.26. The highest BCUT2D eigenvalue weighted by molar-refractivity contribution is 5.93. The van der Waals surface area contributed by atoms with Crippen molar-refractivity contribution in [2.75, 3.05) is 6.54 Å². The van der Waals surface area contributed by atoms with Crippen LogP contribution >= 0.6 is 0 Å². The van der Waals surface area contributed by atoms with Crippen LogP contribution in [0.15, 0.2) is 45.3 Å². The van der Waals surface area contributed by atoms with Crippen molar-refractivity contribution in [3.05, 3.63) is 53.9 Å². The molecule has 0 aliphatic rings. The summed E-state index contributed by atoms with van der Waals surface area (Å²) in [6, 6.07) is 11.0. The standard InChI is InChI=1S/C16H16N4O4/c1-10(21)16-19-18-14(23-16)7-8-17-15(22)12-9-13(24-20-12)11-5-3-2-4-6-11/h2-6,9-10,21H,7-8H2,1H3,(H,17,22)/t10-/m0/s1. The number of hydrogen-bond acceptors (Lipinski definition) is 7. The normalized spacial score (nSPS) is 12.1. The van der Waals surface area contributed by atoms with Gasteiger partial charge >= 0.3 is 0 Å². The van der Waals surface area contributed by atoms with E-state index in [0.717, 1.165) is 5.56 Å². The highest BCUT2D eigenvalue weighted by atomic mass is 16.5. The SMILES string of the molecule is C[C@H](O)c1nnc(CCNC(=O)c2cc(-c3ccccc3)on2)o1. The van der Waals surface area contributed by atoms with Crippen LogP contribution in [-0.4, -0.2) is 32.9 Å². The Balaban J connectivity index is 1.54. The zero-order valence-corrected chi connectivity index (χ0v) is 13.0. The van der Waals surface area contributed by atoms with E-state index in [1.54, 1.807) is 6.07 Å². The van der Waals surface area contributed by atoms with Crippen LogP contribution in [0.3, 0.4) is 0 Å². The Morgan fingerprint density at radius 1 is 1.29 bits per heavy atom. The Morgan fingerprint density at radius 2 is 2.08 bits per heavy atom. The average molecular weight is 328 g/mol. The molecule has 0 saturated heterocycles. The number of aliphatic hydroxyl groups excluding tert-OH is 1. The first-order valence-corrected chi connectivity index (χ1v) is 7.44. The number of nitrogens with one attached hydrogen (secondary N) is 1.